The molecule has 0 radical (unpaired) electrons. The van der Waals surface area contributed by atoms with Crippen LogP contribution in [0.2, 0.25) is 0 Å². The summed E-state index contributed by atoms with van der Waals surface area (Å²) < 4.78 is 41.2. The summed E-state index contributed by atoms with van der Waals surface area (Å²) in [5.41, 5.74) is -1.07. The summed E-state index contributed by atoms with van der Waals surface area (Å²) in [6, 6.07) is 0. The van der Waals surface area contributed by atoms with E-state index in [1.165, 1.54) is 0 Å². The second kappa shape index (κ2) is 4.99. The molecule has 1 amide bonds. The van der Waals surface area contributed by atoms with Crippen molar-refractivity contribution in [2.45, 2.75) is 38.1 Å². The van der Waals surface area contributed by atoms with Crippen molar-refractivity contribution in [3.8, 4) is 0 Å². The maximum atomic E-state index is 12.2. The highest BCUT2D eigenvalue weighted by Gasteiger charge is 2.54. The van der Waals surface area contributed by atoms with Crippen LogP contribution in [0, 0.1) is 5.41 Å². The topological polar surface area (TPSA) is 67.4 Å². The fourth-order valence-electron chi connectivity index (χ4n) is 2.63. The van der Waals surface area contributed by atoms with E-state index in [0.29, 0.717) is 32.4 Å². The van der Waals surface area contributed by atoms with Crippen LogP contribution in [0.4, 0.5) is 13.2 Å². The van der Waals surface area contributed by atoms with E-state index in [9.17, 15) is 22.8 Å². The van der Waals surface area contributed by atoms with Gasteiger partial charge in [-0.2, -0.15) is 13.2 Å². The summed E-state index contributed by atoms with van der Waals surface area (Å²) in [6.45, 7) is 0.851. The van der Waals surface area contributed by atoms with Gasteiger partial charge >= 0.3 is 12.1 Å². The Hall–Kier alpha value is -1.31. The highest BCUT2D eigenvalue weighted by molar-refractivity contribution is 5.84. The highest BCUT2D eigenvalue weighted by atomic mass is 19.4. The zero-order valence-electron chi connectivity index (χ0n) is 10.2. The van der Waals surface area contributed by atoms with Gasteiger partial charge in [0.05, 0.1) is 0 Å². The van der Waals surface area contributed by atoms with Gasteiger partial charge in [0.1, 0.15) is 5.41 Å². The van der Waals surface area contributed by atoms with Gasteiger partial charge in [-0.3, -0.25) is 10.1 Å². The molecule has 8 heteroatoms. The van der Waals surface area contributed by atoms with Crippen LogP contribution in [0.1, 0.15) is 25.7 Å². The van der Waals surface area contributed by atoms with Gasteiger partial charge in [0.15, 0.2) is 6.23 Å². The molecular weight excluding hydrogens is 265 g/mol. The third-order valence-corrected chi connectivity index (χ3v) is 3.65. The second-order valence-electron chi connectivity index (χ2n) is 4.86. The Morgan fingerprint density at radius 3 is 2.68 bits per heavy atom. The van der Waals surface area contributed by atoms with Crippen LogP contribution >= 0.6 is 0 Å². The first-order valence-corrected chi connectivity index (χ1v) is 6.16. The third kappa shape index (κ3) is 2.68. The van der Waals surface area contributed by atoms with E-state index < -0.39 is 23.8 Å². The predicted octanol–water partition coefficient (Wildman–Crippen LogP) is 0.698. The van der Waals surface area contributed by atoms with Crippen LogP contribution in [0.25, 0.3) is 0 Å². The van der Waals surface area contributed by atoms with Crippen molar-refractivity contribution in [2.75, 3.05) is 13.1 Å². The van der Waals surface area contributed by atoms with Crippen molar-refractivity contribution in [1.29, 1.82) is 0 Å². The molecule has 0 aliphatic carbocycles. The number of alkyl halides is 3. The average molecular weight is 280 g/mol. The average Bonchev–Trinajstić information content (AvgIpc) is 2.61. The minimum absolute atomic E-state index is 0.338. The molecule has 2 heterocycles. The molecule has 0 bridgehead atoms. The lowest BCUT2D eigenvalue weighted by Crippen LogP contribution is -2.50. The number of ether oxygens (including phenoxy) is 1. The SMILES string of the molecule is O=C(OC1NCCC12CCCCNC2=O)C(F)(F)F. The highest BCUT2D eigenvalue weighted by Crippen LogP contribution is 2.39. The third-order valence-electron chi connectivity index (χ3n) is 3.65. The van der Waals surface area contributed by atoms with Crippen LogP contribution in [-0.2, 0) is 14.3 Å². The molecule has 2 aliphatic rings. The van der Waals surface area contributed by atoms with Gasteiger partial charge in [-0.15, -0.1) is 0 Å². The Balaban J connectivity index is 2.15. The maximum absolute atomic E-state index is 12.2. The van der Waals surface area contributed by atoms with Gasteiger partial charge in [-0.25, -0.2) is 4.79 Å². The normalized spacial score (nSPS) is 31.9. The van der Waals surface area contributed by atoms with E-state index >= 15 is 0 Å². The minimum Gasteiger partial charge on any atom is -0.439 e. The molecule has 19 heavy (non-hydrogen) atoms. The Morgan fingerprint density at radius 1 is 1.26 bits per heavy atom. The molecule has 0 aromatic heterocycles. The molecule has 2 N–H and O–H groups in total. The van der Waals surface area contributed by atoms with E-state index in [-0.39, 0.29) is 5.91 Å². The van der Waals surface area contributed by atoms with E-state index in [2.05, 4.69) is 15.4 Å². The zero-order chi connectivity index (χ0) is 14.1. The van der Waals surface area contributed by atoms with Gasteiger partial charge in [0.2, 0.25) is 5.91 Å². The van der Waals surface area contributed by atoms with Crippen molar-refractivity contribution in [1.82, 2.24) is 10.6 Å². The van der Waals surface area contributed by atoms with E-state index in [4.69, 9.17) is 0 Å². The van der Waals surface area contributed by atoms with Gasteiger partial charge < -0.3 is 10.1 Å². The number of hydrogen-bond donors (Lipinski definition) is 2. The smallest absolute Gasteiger partial charge is 0.439 e. The number of rotatable bonds is 1. The Labute approximate surface area is 107 Å². The number of amides is 1. The molecule has 0 aromatic rings. The van der Waals surface area contributed by atoms with Gasteiger partial charge in [-0.05, 0) is 25.8 Å². The lowest BCUT2D eigenvalue weighted by Gasteiger charge is -2.31. The number of hydrogen-bond acceptors (Lipinski definition) is 4. The van der Waals surface area contributed by atoms with Crippen molar-refractivity contribution in [3.05, 3.63) is 0 Å². The lowest BCUT2D eigenvalue weighted by molar-refractivity contribution is -0.210. The fraction of sp³-hybridized carbons (Fsp3) is 0.818. The molecule has 108 valence electrons. The first kappa shape index (κ1) is 14.1. The Bertz CT molecular complexity index is 386. The molecule has 1 spiro atoms. The van der Waals surface area contributed by atoms with Gasteiger partial charge in [0.25, 0.3) is 0 Å². The van der Waals surface area contributed by atoms with Crippen molar-refractivity contribution in [3.63, 3.8) is 0 Å². The molecule has 2 atom stereocenters. The summed E-state index contributed by atoms with van der Waals surface area (Å²) in [4.78, 5) is 23.0. The standard InChI is InChI=1S/C11H15F3N2O3/c12-11(13,14)9(18)19-8-10(4-6-16-8)3-1-2-5-15-7(10)17/h8,16H,1-6H2,(H,15,17). The number of esters is 1. The number of carbonyl (C=O) groups excluding carboxylic acids is 2. The molecule has 2 fully saturated rings. The van der Waals surface area contributed by atoms with Crippen LogP contribution in [-0.4, -0.2) is 37.4 Å². The largest absolute Gasteiger partial charge is 0.490 e. The molecule has 2 saturated heterocycles. The maximum Gasteiger partial charge on any atom is 0.490 e. The number of halogens is 3. The molecule has 0 saturated carbocycles. The van der Waals surface area contributed by atoms with Crippen LogP contribution < -0.4 is 10.6 Å². The number of nitrogens with one attached hydrogen (secondary N) is 2. The van der Waals surface area contributed by atoms with Crippen molar-refractivity contribution < 1.29 is 27.5 Å². The lowest BCUT2D eigenvalue weighted by atomic mass is 9.80. The van der Waals surface area contributed by atoms with Crippen molar-refractivity contribution >= 4 is 11.9 Å². The fourth-order valence-corrected chi connectivity index (χ4v) is 2.63. The van der Waals surface area contributed by atoms with E-state index in [1.54, 1.807) is 0 Å². The summed E-state index contributed by atoms with van der Waals surface area (Å²) >= 11 is 0. The molecule has 0 aromatic carbocycles. The van der Waals surface area contributed by atoms with Gasteiger partial charge in [0, 0.05) is 6.54 Å². The summed E-state index contributed by atoms with van der Waals surface area (Å²) in [7, 11) is 0. The van der Waals surface area contributed by atoms with E-state index in [0.717, 1.165) is 6.42 Å². The van der Waals surface area contributed by atoms with Crippen LogP contribution in [0.15, 0.2) is 0 Å². The molecule has 5 nitrogen and oxygen atoms in total. The molecule has 2 aliphatic heterocycles. The van der Waals surface area contributed by atoms with Crippen LogP contribution in [0.5, 0.6) is 0 Å². The van der Waals surface area contributed by atoms with Gasteiger partial charge in [-0.1, -0.05) is 6.42 Å². The minimum atomic E-state index is -5.05. The first-order valence-electron chi connectivity index (χ1n) is 6.16. The van der Waals surface area contributed by atoms with Crippen LogP contribution in [0.3, 0.4) is 0 Å². The van der Waals surface area contributed by atoms with E-state index in [1.807, 2.05) is 0 Å². The zero-order valence-corrected chi connectivity index (χ0v) is 10.2. The molecule has 2 rings (SSSR count). The molecular formula is C11H15F3N2O3. The summed E-state index contributed by atoms with van der Waals surface area (Å²) in [6.07, 6.45) is -3.99. The Kier molecular flexibility index (Phi) is 3.71. The summed E-state index contributed by atoms with van der Waals surface area (Å²) in [5, 5.41) is 5.34. The second-order valence-corrected chi connectivity index (χ2v) is 4.86. The first-order chi connectivity index (χ1) is 8.86. The quantitative estimate of drug-likeness (QED) is 0.694. The monoisotopic (exact) mass is 280 g/mol. The predicted molar refractivity (Wildman–Crippen MR) is 57.8 cm³/mol. The van der Waals surface area contributed by atoms with Crippen molar-refractivity contribution in [2.24, 2.45) is 5.41 Å². The molecule has 2 unspecified atom stereocenters. The summed E-state index contributed by atoms with van der Waals surface area (Å²) in [5.74, 6) is -2.60. The Morgan fingerprint density at radius 2 is 2.00 bits per heavy atom. The number of carbonyl (C=O) groups is 2.